The summed E-state index contributed by atoms with van der Waals surface area (Å²) in [5, 5.41) is 10.8. The molecular weight excluding hydrogens is 462 g/mol. The summed E-state index contributed by atoms with van der Waals surface area (Å²) in [5.74, 6) is 0.759. The number of hydrazone groups is 1. The van der Waals surface area contributed by atoms with Crippen molar-refractivity contribution in [2.75, 3.05) is 18.2 Å². The molecule has 3 heterocycles. The minimum atomic E-state index is -0.140. The summed E-state index contributed by atoms with van der Waals surface area (Å²) in [6.07, 6.45) is 7.59. The Hall–Kier alpha value is -2.95. The molecule has 2 unspecified atom stereocenters. The fourth-order valence-electron chi connectivity index (χ4n) is 6.19. The van der Waals surface area contributed by atoms with Gasteiger partial charge in [-0.3, -0.25) is 9.80 Å². The molecule has 2 fully saturated rings. The van der Waals surface area contributed by atoms with E-state index in [4.69, 9.17) is 33.0 Å². The standard InChI is InChI=1S/C27H28ClN5O2/c1-29-23-9-6-18(14-21(23)28)33-26(16-4-2-3-5-16)20-8-10-22-19(25(20)32-33)7-11-24(31-22)27(34)30-17-12-13-35-15-17/h6-7,9,11,14,16-17,20,26H,2-5,8,10,12-13,15H2,(H,30,34)/t17-,20?,26?/m0/s1. The smallest absolute Gasteiger partial charge is 0.270 e. The predicted molar refractivity (Wildman–Crippen MR) is 135 cm³/mol. The minimum Gasteiger partial charge on any atom is -0.379 e. The lowest BCUT2D eigenvalue weighted by molar-refractivity contribution is 0.0924. The maximum absolute atomic E-state index is 12.8. The van der Waals surface area contributed by atoms with Gasteiger partial charge in [-0.15, -0.1) is 0 Å². The van der Waals surface area contributed by atoms with Crippen LogP contribution in [0.2, 0.25) is 5.02 Å². The van der Waals surface area contributed by atoms with Gasteiger partial charge in [0.1, 0.15) is 5.69 Å². The summed E-state index contributed by atoms with van der Waals surface area (Å²) in [4.78, 5) is 21.0. The van der Waals surface area contributed by atoms with Crippen LogP contribution >= 0.6 is 11.6 Å². The van der Waals surface area contributed by atoms with Crippen molar-refractivity contribution in [2.24, 2.45) is 16.9 Å². The van der Waals surface area contributed by atoms with Crippen LogP contribution in [0.4, 0.5) is 11.4 Å². The SMILES string of the molecule is [C-]#[N+]c1ccc(N2N=C3c4ccc(C(=O)N[C@H]5CCOC5)nc4CCC3C2C2CCCC2)cc1Cl. The molecule has 8 heteroatoms. The molecule has 1 aromatic heterocycles. The van der Waals surface area contributed by atoms with Crippen molar-refractivity contribution in [2.45, 2.75) is 57.0 Å². The van der Waals surface area contributed by atoms with E-state index in [1.54, 1.807) is 6.07 Å². The minimum absolute atomic E-state index is 0.0608. The second-order valence-electron chi connectivity index (χ2n) is 9.98. The molecule has 1 amide bonds. The molecule has 1 saturated carbocycles. The molecule has 7 nitrogen and oxygen atoms in total. The van der Waals surface area contributed by atoms with E-state index in [-0.39, 0.29) is 18.0 Å². The molecule has 2 aliphatic carbocycles. The van der Waals surface area contributed by atoms with E-state index in [0.717, 1.165) is 41.9 Å². The van der Waals surface area contributed by atoms with Crippen LogP contribution in [-0.2, 0) is 11.2 Å². The largest absolute Gasteiger partial charge is 0.379 e. The first kappa shape index (κ1) is 22.5. The molecule has 1 N–H and O–H groups in total. The number of ether oxygens (including phenoxy) is 1. The zero-order valence-electron chi connectivity index (χ0n) is 19.5. The maximum Gasteiger partial charge on any atom is 0.270 e. The molecule has 4 aliphatic rings. The van der Waals surface area contributed by atoms with E-state index >= 15 is 0 Å². The number of hydrogen-bond acceptors (Lipinski definition) is 5. The molecule has 2 aliphatic heterocycles. The molecule has 1 aromatic carbocycles. The second-order valence-corrected chi connectivity index (χ2v) is 10.4. The Morgan fingerprint density at radius 1 is 1.17 bits per heavy atom. The van der Waals surface area contributed by atoms with Crippen molar-refractivity contribution in [1.82, 2.24) is 10.3 Å². The number of fused-ring (bicyclic) bond motifs is 3. The van der Waals surface area contributed by atoms with Crippen molar-refractivity contribution in [3.05, 3.63) is 63.7 Å². The van der Waals surface area contributed by atoms with Gasteiger partial charge in [0.15, 0.2) is 0 Å². The van der Waals surface area contributed by atoms with Crippen LogP contribution < -0.4 is 10.3 Å². The molecule has 0 radical (unpaired) electrons. The zero-order valence-corrected chi connectivity index (χ0v) is 20.3. The molecule has 35 heavy (non-hydrogen) atoms. The Kier molecular flexibility index (Phi) is 5.95. The molecule has 0 spiro atoms. The molecule has 6 rings (SSSR count). The number of nitrogens with zero attached hydrogens (tertiary/aromatic N) is 4. The summed E-state index contributed by atoms with van der Waals surface area (Å²) >= 11 is 6.41. The van der Waals surface area contributed by atoms with Gasteiger partial charge in [0.05, 0.1) is 42.4 Å². The highest BCUT2D eigenvalue weighted by molar-refractivity contribution is 6.33. The van der Waals surface area contributed by atoms with Crippen molar-refractivity contribution < 1.29 is 9.53 Å². The number of hydrogen-bond donors (Lipinski definition) is 1. The number of pyridine rings is 1. The summed E-state index contributed by atoms with van der Waals surface area (Å²) < 4.78 is 5.37. The number of aromatic nitrogens is 1. The highest BCUT2D eigenvalue weighted by Gasteiger charge is 2.46. The van der Waals surface area contributed by atoms with E-state index in [0.29, 0.717) is 41.5 Å². The molecule has 3 atom stereocenters. The maximum atomic E-state index is 12.8. The van der Waals surface area contributed by atoms with Gasteiger partial charge in [0.2, 0.25) is 5.69 Å². The summed E-state index contributed by atoms with van der Waals surface area (Å²) in [6.45, 7) is 8.57. The Morgan fingerprint density at radius 3 is 2.77 bits per heavy atom. The van der Waals surface area contributed by atoms with Crippen LogP contribution in [0.15, 0.2) is 35.4 Å². The first-order valence-corrected chi connectivity index (χ1v) is 12.9. The van der Waals surface area contributed by atoms with Gasteiger partial charge >= 0.3 is 0 Å². The molecule has 0 bridgehead atoms. The van der Waals surface area contributed by atoms with Crippen LogP contribution in [0.5, 0.6) is 0 Å². The highest BCUT2D eigenvalue weighted by Crippen LogP contribution is 2.45. The number of amides is 1. The lowest BCUT2D eigenvalue weighted by Gasteiger charge is -2.34. The Balaban J connectivity index is 1.33. The third kappa shape index (κ3) is 4.09. The zero-order chi connectivity index (χ0) is 23.9. The quantitative estimate of drug-likeness (QED) is 0.603. The fourth-order valence-corrected chi connectivity index (χ4v) is 6.40. The van der Waals surface area contributed by atoms with E-state index in [9.17, 15) is 4.79 Å². The van der Waals surface area contributed by atoms with Crippen LogP contribution in [-0.4, -0.2) is 41.9 Å². The van der Waals surface area contributed by atoms with Crippen LogP contribution in [0.3, 0.4) is 0 Å². The number of anilines is 1. The first-order valence-electron chi connectivity index (χ1n) is 12.6. The van der Waals surface area contributed by atoms with Gasteiger partial charge in [-0.1, -0.05) is 30.5 Å². The van der Waals surface area contributed by atoms with E-state index < -0.39 is 0 Å². The van der Waals surface area contributed by atoms with Gasteiger partial charge in [-0.25, -0.2) is 9.83 Å². The normalized spacial score (nSPS) is 25.7. The molecule has 180 valence electrons. The number of aryl methyl sites for hydroxylation is 1. The predicted octanol–water partition coefficient (Wildman–Crippen LogP) is 5.15. The topological polar surface area (TPSA) is 71.2 Å². The van der Waals surface area contributed by atoms with E-state index in [1.807, 2.05) is 24.3 Å². The monoisotopic (exact) mass is 489 g/mol. The number of nitrogens with one attached hydrogen (secondary N) is 1. The van der Waals surface area contributed by atoms with E-state index in [2.05, 4.69) is 15.2 Å². The Morgan fingerprint density at radius 2 is 2.03 bits per heavy atom. The van der Waals surface area contributed by atoms with Crippen molar-refractivity contribution in [3.63, 3.8) is 0 Å². The average molecular weight is 490 g/mol. The third-order valence-electron chi connectivity index (χ3n) is 7.90. The Bertz CT molecular complexity index is 1230. The van der Waals surface area contributed by atoms with Crippen molar-refractivity contribution in [3.8, 4) is 0 Å². The fraction of sp³-hybridized carbons (Fsp3) is 0.481. The summed E-state index contributed by atoms with van der Waals surface area (Å²) in [6, 6.07) is 9.81. The number of carbonyl (C=O) groups is 1. The average Bonchev–Trinajstić information content (AvgIpc) is 3.64. The third-order valence-corrected chi connectivity index (χ3v) is 8.20. The number of rotatable bonds is 4. The van der Waals surface area contributed by atoms with E-state index in [1.165, 1.54) is 25.7 Å². The first-order chi connectivity index (χ1) is 17.1. The second kappa shape index (κ2) is 9.25. The number of benzene rings is 1. The van der Waals surface area contributed by atoms with Crippen molar-refractivity contribution >= 4 is 34.6 Å². The number of halogens is 1. The van der Waals surface area contributed by atoms with Crippen LogP contribution in [0, 0.1) is 18.4 Å². The lowest BCUT2D eigenvalue weighted by Crippen LogP contribution is -2.41. The van der Waals surface area contributed by atoms with Gasteiger partial charge in [-0.05, 0) is 62.3 Å². The van der Waals surface area contributed by atoms with Gasteiger partial charge in [0.25, 0.3) is 5.91 Å². The van der Waals surface area contributed by atoms with Gasteiger partial charge in [0, 0.05) is 23.1 Å². The molecular formula is C27H28ClN5O2. The number of carbonyl (C=O) groups excluding carboxylic acids is 1. The molecule has 1 saturated heterocycles. The summed E-state index contributed by atoms with van der Waals surface area (Å²) in [7, 11) is 0. The van der Waals surface area contributed by atoms with Gasteiger partial charge < -0.3 is 10.1 Å². The van der Waals surface area contributed by atoms with Crippen LogP contribution in [0.25, 0.3) is 4.85 Å². The Labute approximate surface area is 210 Å². The van der Waals surface area contributed by atoms with Gasteiger partial charge in [-0.2, -0.15) is 5.10 Å². The van der Waals surface area contributed by atoms with Crippen LogP contribution in [0.1, 0.15) is 60.3 Å². The van der Waals surface area contributed by atoms with Crippen molar-refractivity contribution in [1.29, 1.82) is 0 Å². The highest BCUT2D eigenvalue weighted by atomic mass is 35.5. The summed E-state index contributed by atoms with van der Waals surface area (Å²) in [5.41, 5.74) is 4.92. The lowest BCUT2D eigenvalue weighted by atomic mass is 9.76. The molecule has 2 aromatic rings.